The third kappa shape index (κ3) is 4.83. The van der Waals surface area contributed by atoms with E-state index in [1.165, 1.54) is 5.56 Å². The monoisotopic (exact) mass is 335 g/mol. The number of nitrogens with two attached hydrogens (primary N) is 1. The number of benzene rings is 3. The van der Waals surface area contributed by atoms with E-state index >= 15 is 0 Å². The van der Waals surface area contributed by atoms with Crippen molar-refractivity contribution >= 4 is 0 Å². The van der Waals surface area contributed by atoms with Crippen LogP contribution in [0, 0.1) is 6.92 Å². The van der Waals surface area contributed by atoms with E-state index in [4.69, 9.17) is 15.2 Å². The van der Waals surface area contributed by atoms with Gasteiger partial charge in [0, 0.05) is 6.07 Å². The molecule has 0 fully saturated rings. The number of hydrogen-bond acceptors (Lipinski definition) is 4. The second kappa shape index (κ2) is 7.83. The maximum Gasteiger partial charge on any atom is 0.131 e. The van der Waals surface area contributed by atoms with Crippen molar-refractivity contribution in [3.05, 3.63) is 89.5 Å². The second-order valence-electron chi connectivity index (χ2n) is 5.87. The average Bonchev–Trinajstić information content (AvgIpc) is 2.63. The van der Waals surface area contributed by atoms with E-state index < -0.39 is 6.23 Å². The van der Waals surface area contributed by atoms with Crippen LogP contribution in [0.5, 0.6) is 17.2 Å². The van der Waals surface area contributed by atoms with Crippen molar-refractivity contribution in [2.24, 2.45) is 5.73 Å². The van der Waals surface area contributed by atoms with Gasteiger partial charge in [-0.3, -0.25) is 0 Å². The van der Waals surface area contributed by atoms with Gasteiger partial charge >= 0.3 is 0 Å². The molecule has 3 aromatic rings. The Morgan fingerprint density at radius 2 is 1.56 bits per heavy atom. The molecule has 3 aromatic carbocycles. The van der Waals surface area contributed by atoms with Gasteiger partial charge in [0.25, 0.3) is 0 Å². The fourth-order valence-corrected chi connectivity index (χ4v) is 2.35. The first-order valence-corrected chi connectivity index (χ1v) is 8.10. The zero-order chi connectivity index (χ0) is 17.6. The Hall–Kier alpha value is -2.82. The lowest BCUT2D eigenvalue weighted by Crippen LogP contribution is -2.08. The molecular weight excluding hydrogens is 314 g/mol. The molecule has 0 aliphatic rings. The third-order valence-corrected chi connectivity index (χ3v) is 3.79. The van der Waals surface area contributed by atoms with E-state index in [1.54, 1.807) is 12.1 Å². The molecule has 4 heteroatoms. The largest absolute Gasteiger partial charge is 0.489 e. The number of aliphatic hydroxyl groups excluding tert-OH is 1. The molecule has 0 aliphatic heterocycles. The van der Waals surface area contributed by atoms with Crippen molar-refractivity contribution in [1.82, 2.24) is 0 Å². The molecule has 1 unspecified atom stereocenters. The van der Waals surface area contributed by atoms with E-state index in [0.717, 1.165) is 22.8 Å². The molecule has 0 saturated carbocycles. The molecule has 0 saturated heterocycles. The quantitative estimate of drug-likeness (QED) is 0.659. The molecule has 0 amide bonds. The lowest BCUT2D eigenvalue weighted by molar-refractivity contribution is 0.186. The van der Waals surface area contributed by atoms with Gasteiger partial charge in [-0.05, 0) is 42.3 Å². The van der Waals surface area contributed by atoms with E-state index in [0.29, 0.717) is 12.2 Å². The normalized spacial score (nSPS) is 11.8. The highest BCUT2D eigenvalue weighted by Crippen LogP contribution is 2.26. The summed E-state index contributed by atoms with van der Waals surface area (Å²) in [4.78, 5) is 0. The summed E-state index contributed by atoms with van der Waals surface area (Å²) in [6, 6.07) is 22.8. The Bertz CT molecular complexity index is 811. The first-order chi connectivity index (χ1) is 12.1. The molecule has 0 aliphatic carbocycles. The van der Waals surface area contributed by atoms with Crippen LogP contribution in [0.3, 0.4) is 0 Å². The maximum atomic E-state index is 9.32. The van der Waals surface area contributed by atoms with Crippen LogP contribution in [0.2, 0.25) is 0 Å². The average molecular weight is 335 g/mol. The van der Waals surface area contributed by atoms with Crippen LogP contribution in [0.1, 0.15) is 22.9 Å². The number of ether oxygens (including phenoxy) is 2. The van der Waals surface area contributed by atoms with E-state index in [-0.39, 0.29) is 0 Å². The van der Waals surface area contributed by atoms with Gasteiger partial charge in [0.2, 0.25) is 0 Å². The topological polar surface area (TPSA) is 64.7 Å². The standard InChI is InChI=1S/C21H21NO3/c1-15-5-11-18(12-6-15)25-20-4-2-3-19(13-20)24-14-16-7-9-17(10-8-16)21(22)23/h2-13,21,23H,14,22H2,1H3. The fourth-order valence-electron chi connectivity index (χ4n) is 2.35. The minimum absolute atomic E-state index is 0.426. The van der Waals surface area contributed by atoms with Crippen molar-refractivity contribution < 1.29 is 14.6 Å². The molecule has 128 valence electrons. The number of rotatable bonds is 6. The molecule has 4 nitrogen and oxygen atoms in total. The SMILES string of the molecule is Cc1ccc(Oc2cccc(OCc3ccc(C(N)O)cc3)c2)cc1. The molecule has 0 heterocycles. The van der Waals surface area contributed by atoms with Crippen LogP contribution in [0.15, 0.2) is 72.8 Å². The molecular formula is C21H21NO3. The molecule has 1 atom stereocenters. The van der Waals surface area contributed by atoms with Crippen LogP contribution in [0.25, 0.3) is 0 Å². The lowest BCUT2D eigenvalue weighted by Gasteiger charge is -2.10. The number of hydrogen-bond donors (Lipinski definition) is 2. The highest BCUT2D eigenvalue weighted by Gasteiger charge is 2.03. The molecule has 0 spiro atoms. The van der Waals surface area contributed by atoms with Gasteiger partial charge in [-0.2, -0.15) is 0 Å². The molecule has 0 aromatic heterocycles. The maximum absolute atomic E-state index is 9.32. The Labute approximate surface area is 147 Å². The van der Waals surface area contributed by atoms with Gasteiger partial charge in [-0.1, -0.05) is 48.0 Å². The van der Waals surface area contributed by atoms with Crippen LogP contribution >= 0.6 is 0 Å². The second-order valence-corrected chi connectivity index (χ2v) is 5.87. The Morgan fingerprint density at radius 1 is 0.880 bits per heavy atom. The van der Waals surface area contributed by atoms with Gasteiger partial charge < -0.3 is 20.3 Å². The minimum Gasteiger partial charge on any atom is -0.489 e. The van der Waals surface area contributed by atoms with E-state index in [1.807, 2.05) is 67.6 Å². The predicted octanol–water partition coefficient (Wildman–Crippen LogP) is 4.32. The Morgan fingerprint density at radius 3 is 2.24 bits per heavy atom. The van der Waals surface area contributed by atoms with Crippen molar-refractivity contribution in [1.29, 1.82) is 0 Å². The summed E-state index contributed by atoms with van der Waals surface area (Å²) in [6.45, 7) is 2.47. The summed E-state index contributed by atoms with van der Waals surface area (Å²) in [5.74, 6) is 2.24. The highest BCUT2D eigenvalue weighted by atomic mass is 16.5. The molecule has 0 radical (unpaired) electrons. The summed E-state index contributed by atoms with van der Waals surface area (Å²) < 4.78 is 11.7. The Balaban J connectivity index is 1.62. The van der Waals surface area contributed by atoms with Gasteiger partial charge in [0.15, 0.2) is 0 Å². The minimum atomic E-state index is -0.953. The summed E-state index contributed by atoms with van der Waals surface area (Å²) in [7, 11) is 0. The lowest BCUT2D eigenvalue weighted by atomic mass is 10.1. The van der Waals surface area contributed by atoms with Crippen molar-refractivity contribution in [3.63, 3.8) is 0 Å². The summed E-state index contributed by atoms with van der Waals surface area (Å²) in [5, 5.41) is 9.32. The highest BCUT2D eigenvalue weighted by molar-refractivity contribution is 5.37. The third-order valence-electron chi connectivity index (χ3n) is 3.79. The van der Waals surface area contributed by atoms with E-state index in [9.17, 15) is 5.11 Å². The fraction of sp³-hybridized carbons (Fsp3) is 0.143. The van der Waals surface area contributed by atoms with Crippen molar-refractivity contribution in [2.45, 2.75) is 19.8 Å². The summed E-state index contributed by atoms with van der Waals surface area (Å²) in [5.41, 5.74) is 8.29. The Kier molecular flexibility index (Phi) is 5.33. The van der Waals surface area contributed by atoms with E-state index in [2.05, 4.69) is 0 Å². The van der Waals surface area contributed by atoms with Crippen LogP contribution < -0.4 is 15.2 Å². The first-order valence-electron chi connectivity index (χ1n) is 8.10. The smallest absolute Gasteiger partial charge is 0.131 e. The van der Waals surface area contributed by atoms with Crippen LogP contribution in [0.4, 0.5) is 0 Å². The van der Waals surface area contributed by atoms with Gasteiger partial charge in [0.1, 0.15) is 30.1 Å². The molecule has 25 heavy (non-hydrogen) atoms. The van der Waals surface area contributed by atoms with Crippen molar-refractivity contribution in [2.75, 3.05) is 0 Å². The summed E-state index contributed by atoms with van der Waals surface area (Å²) >= 11 is 0. The number of aryl methyl sites for hydroxylation is 1. The predicted molar refractivity (Wildman–Crippen MR) is 97.6 cm³/mol. The molecule has 3 N–H and O–H groups in total. The molecule has 0 bridgehead atoms. The van der Waals surface area contributed by atoms with Crippen LogP contribution in [-0.4, -0.2) is 5.11 Å². The zero-order valence-electron chi connectivity index (χ0n) is 14.1. The van der Waals surface area contributed by atoms with Gasteiger partial charge in [-0.15, -0.1) is 0 Å². The van der Waals surface area contributed by atoms with Gasteiger partial charge in [0.05, 0.1) is 0 Å². The molecule has 3 rings (SSSR count). The van der Waals surface area contributed by atoms with Crippen LogP contribution in [-0.2, 0) is 6.61 Å². The summed E-state index contributed by atoms with van der Waals surface area (Å²) in [6.07, 6.45) is -0.953. The number of aliphatic hydroxyl groups is 1. The zero-order valence-corrected chi connectivity index (χ0v) is 14.1. The first kappa shape index (κ1) is 17.0. The van der Waals surface area contributed by atoms with Gasteiger partial charge in [-0.25, -0.2) is 0 Å². The van der Waals surface area contributed by atoms with Crippen molar-refractivity contribution in [3.8, 4) is 17.2 Å².